The highest BCUT2D eigenvalue weighted by molar-refractivity contribution is 5.88. The normalized spacial score (nSPS) is 33.8. The molecule has 5 rings (SSSR count). The number of para-hydroxylation sites is 1. The van der Waals surface area contributed by atoms with Gasteiger partial charge in [-0.25, -0.2) is 5.43 Å². The minimum absolute atomic E-state index is 0.00330. The lowest BCUT2D eigenvalue weighted by Gasteiger charge is -2.55. The van der Waals surface area contributed by atoms with E-state index in [0.29, 0.717) is 23.3 Å². The van der Waals surface area contributed by atoms with Crippen molar-refractivity contribution in [1.82, 2.24) is 5.43 Å². The molecule has 4 aliphatic carbocycles. The molecule has 0 aliphatic heterocycles. The van der Waals surface area contributed by atoms with Gasteiger partial charge in [0.05, 0.1) is 22.1 Å². The zero-order valence-corrected chi connectivity index (χ0v) is 13.5. The third-order valence-corrected chi connectivity index (χ3v) is 6.02. The summed E-state index contributed by atoms with van der Waals surface area (Å²) in [6.45, 7) is 0. The third kappa shape index (κ3) is 2.60. The number of nitrogens with one attached hydrogen (secondary N) is 1. The Morgan fingerprint density at radius 3 is 2.33 bits per heavy atom. The van der Waals surface area contributed by atoms with E-state index in [1.54, 1.807) is 18.2 Å². The van der Waals surface area contributed by atoms with Crippen LogP contribution in [-0.4, -0.2) is 17.0 Å². The molecule has 24 heavy (non-hydrogen) atoms. The summed E-state index contributed by atoms with van der Waals surface area (Å²) < 4.78 is 0. The quantitative estimate of drug-likeness (QED) is 0.523. The van der Waals surface area contributed by atoms with Crippen LogP contribution >= 0.6 is 0 Å². The summed E-state index contributed by atoms with van der Waals surface area (Å²) >= 11 is 0. The first-order chi connectivity index (χ1) is 11.6. The number of carbonyl (C=O) groups excluding carboxylic acids is 1. The molecule has 0 aromatic heterocycles. The van der Waals surface area contributed by atoms with Crippen LogP contribution in [0.4, 0.5) is 5.69 Å². The molecule has 6 nitrogen and oxygen atoms in total. The second-order valence-electron chi connectivity index (χ2n) is 7.71. The summed E-state index contributed by atoms with van der Waals surface area (Å²) in [6.07, 6.45) is 8.16. The summed E-state index contributed by atoms with van der Waals surface area (Å²) in [5.74, 6) is 2.08. The van der Waals surface area contributed by atoms with Gasteiger partial charge >= 0.3 is 0 Å². The van der Waals surface area contributed by atoms with E-state index in [1.807, 2.05) is 0 Å². The van der Waals surface area contributed by atoms with Crippen molar-refractivity contribution in [2.24, 2.45) is 28.3 Å². The van der Waals surface area contributed by atoms with Gasteiger partial charge in [0, 0.05) is 6.07 Å². The average Bonchev–Trinajstić information content (AvgIpc) is 2.53. The summed E-state index contributed by atoms with van der Waals surface area (Å²) in [4.78, 5) is 23.3. The molecule has 1 aromatic rings. The Morgan fingerprint density at radius 2 is 1.75 bits per heavy atom. The molecule has 4 bridgehead atoms. The van der Waals surface area contributed by atoms with Crippen LogP contribution in [0.15, 0.2) is 29.4 Å². The van der Waals surface area contributed by atoms with Crippen LogP contribution in [-0.2, 0) is 4.79 Å². The minimum Gasteiger partial charge on any atom is -0.273 e. The van der Waals surface area contributed by atoms with E-state index >= 15 is 0 Å². The molecule has 6 heteroatoms. The maximum atomic E-state index is 12.7. The summed E-state index contributed by atoms with van der Waals surface area (Å²) in [5, 5.41) is 15.0. The number of carbonyl (C=O) groups is 1. The molecular weight excluding hydrogens is 306 g/mol. The van der Waals surface area contributed by atoms with E-state index in [-0.39, 0.29) is 17.0 Å². The van der Waals surface area contributed by atoms with Gasteiger partial charge in [0.2, 0.25) is 5.91 Å². The predicted octanol–water partition coefficient (Wildman–Crippen LogP) is 3.26. The van der Waals surface area contributed by atoms with Gasteiger partial charge in [-0.15, -0.1) is 0 Å². The molecule has 0 heterocycles. The summed E-state index contributed by atoms with van der Waals surface area (Å²) in [5.41, 5.74) is 2.79. The van der Waals surface area contributed by atoms with Crippen LogP contribution in [0, 0.1) is 33.3 Å². The Kier molecular flexibility index (Phi) is 3.62. The lowest BCUT2D eigenvalue weighted by molar-refractivity contribution is -0.385. The second-order valence-corrected chi connectivity index (χ2v) is 7.71. The SMILES string of the molecule is O=C(N/N=C\c1ccccc1[N+](=O)[O-])C12CC3CC(CC(C3)C1)C2. The highest BCUT2D eigenvalue weighted by atomic mass is 16.6. The molecule has 0 atom stereocenters. The maximum absolute atomic E-state index is 12.7. The number of hydrogen-bond acceptors (Lipinski definition) is 4. The van der Waals surface area contributed by atoms with Crippen LogP contribution in [0.3, 0.4) is 0 Å². The molecule has 0 spiro atoms. The number of nitro benzene ring substituents is 1. The molecule has 4 fully saturated rings. The number of hydrazone groups is 1. The number of benzene rings is 1. The van der Waals surface area contributed by atoms with Crippen molar-refractivity contribution in [3.8, 4) is 0 Å². The summed E-state index contributed by atoms with van der Waals surface area (Å²) in [7, 11) is 0. The predicted molar refractivity (Wildman–Crippen MR) is 89.4 cm³/mol. The number of hydrogen-bond donors (Lipinski definition) is 1. The van der Waals surface area contributed by atoms with E-state index in [9.17, 15) is 14.9 Å². The standard InChI is InChI=1S/C18H21N3O3/c22-17(18-8-12-5-13(9-18)7-14(6-12)10-18)20-19-11-15-3-1-2-4-16(15)21(23)24/h1-4,11-14H,5-10H2,(H,20,22)/b19-11-. The number of nitrogens with zero attached hydrogens (tertiary/aromatic N) is 2. The molecule has 1 N–H and O–H groups in total. The Morgan fingerprint density at radius 1 is 1.17 bits per heavy atom. The van der Waals surface area contributed by atoms with Crippen molar-refractivity contribution in [1.29, 1.82) is 0 Å². The smallest absolute Gasteiger partial charge is 0.273 e. The number of rotatable bonds is 4. The number of nitro groups is 1. The maximum Gasteiger partial charge on any atom is 0.278 e. The Balaban J connectivity index is 1.47. The molecule has 4 aliphatic rings. The molecule has 4 saturated carbocycles. The fourth-order valence-corrected chi connectivity index (χ4v) is 5.43. The topological polar surface area (TPSA) is 84.6 Å². The molecule has 1 aromatic carbocycles. The van der Waals surface area contributed by atoms with Gasteiger partial charge in [-0.3, -0.25) is 14.9 Å². The van der Waals surface area contributed by atoms with Crippen LogP contribution in [0.25, 0.3) is 0 Å². The monoisotopic (exact) mass is 327 g/mol. The molecule has 126 valence electrons. The molecule has 0 unspecified atom stereocenters. The molecular formula is C18H21N3O3. The van der Waals surface area contributed by atoms with E-state index < -0.39 is 4.92 Å². The Bertz CT molecular complexity index is 678. The highest BCUT2D eigenvalue weighted by Crippen LogP contribution is 2.60. The molecule has 1 amide bonds. The van der Waals surface area contributed by atoms with Gasteiger partial charge in [-0.2, -0.15) is 5.10 Å². The largest absolute Gasteiger partial charge is 0.278 e. The highest BCUT2D eigenvalue weighted by Gasteiger charge is 2.54. The van der Waals surface area contributed by atoms with Gasteiger partial charge in [0.15, 0.2) is 0 Å². The fraction of sp³-hybridized carbons (Fsp3) is 0.556. The lowest BCUT2D eigenvalue weighted by atomic mass is 9.49. The van der Waals surface area contributed by atoms with Crippen molar-refractivity contribution in [3.05, 3.63) is 39.9 Å². The van der Waals surface area contributed by atoms with Crippen LogP contribution in [0.5, 0.6) is 0 Å². The van der Waals surface area contributed by atoms with E-state index in [0.717, 1.165) is 19.3 Å². The van der Waals surface area contributed by atoms with Gasteiger partial charge in [0.25, 0.3) is 5.69 Å². The molecule has 0 saturated heterocycles. The lowest BCUT2D eigenvalue weighted by Crippen LogP contribution is -2.52. The minimum atomic E-state index is -0.442. The van der Waals surface area contributed by atoms with E-state index in [2.05, 4.69) is 10.5 Å². The Labute approximate surface area is 140 Å². The first-order valence-corrected chi connectivity index (χ1v) is 8.63. The van der Waals surface area contributed by atoms with Crippen molar-refractivity contribution in [2.45, 2.75) is 38.5 Å². The van der Waals surface area contributed by atoms with Crippen molar-refractivity contribution < 1.29 is 9.72 Å². The van der Waals surface area contributed by atoms with Crippen LogP contribution in [0.1, 0.15) is 44.1 Å². The first-order valence-electron chi connectivity index (χ1n) is 8.63. The first kappa shape index (κ1) is 15.3. The van der Waals surface area contributed by atoms with Gasteiger partial charge in [0.1, 0.15) is 0 Å². The zero-order valence-electron chi connectivity index (χ0n) is 13.5. The van der Waals surface area contributed by atoms with Gasteiger partial charge < -0.3 is 0 Å². The second kappa shape index (κ2) is 5.69. The average molecular weight is 327 g/mol. The summed E-state index contributed by atoms with van der Waals surface area (Å²) in [6, 6.07) is 6.39. The zero-order chi connectivity index (χ0) is 16.7. The van der Waals surface area contributed by atoms with E-state index in [1.165, 1.54) is 31.5 Å². The van der Waals surface area contributed by atoms with E-state index in [4.69, 9.17) is 0 Å². The fourth-order valence-electron chi connectivity index (χ4n) is 5.43. The van der Waals surface area contributed by atoms with Crippen molar-refractivity contribution in [3.63, 3.8) is 0 Å². The van der Waals surface area contributed by atoms with Crippen molar-refractivity contribution >= 4 is 17.8 Å². The van der Waals surface area contributed by atoms with Crippen LogP contribution < -0.4 is 5.43 Å². The van der Waals surface area contributed by atoms with Crippen LogP contribution in [0.2, 0.25) is 0 Å². The number of amides is 1. The van der Waals surface area contributed by atoms with Gasteiger partial charge in [-0.1, -0.05) is 12.1 Å². The molecule has 0 radical (unpaired) electrons. The third-order valence-electron chi connectivity index (χ3n) is 6.02. The van der Waals surface area contributed by atoms with Crippen molar-refractivity contribution in [2.75, 3.05) is 0 Å². The Hall–Kier alpha value is -2.24. The van der Waals surface area contributed by atoms with Gasteiger partial charge in [-0.05, 0) is 62.3 Å².